The molecule has 1 saturated heterocycles. The van der Waals surface area contributed by atoms with Gasteiger partial charge in [-0.05, 0) is 13.8 Å². The van der Waals surface area contributed by atoms with Crippen molar-refractivity contribution < 1.29 is 19.4 Å². The highest BCUT2D eigenvalue weighted by molar-refractivity contribution is 5.69. The van der Waals surface area contributed by atoms with E-state index in [-0.39, 0.29) is 18.8 Å². The lowest BCUT2D eigenvalue weighted by Crippen LogP contribution is -2.29. The molecule has 1 rings (SSSR count). The molecule has 5 heteroatoms. The summed E-state index contributed by atoms with van der Waals surface area (Å²) in [5, 5.41) is 8.68. The van der Waals surface area contributed by atoms with Crippen molar-refractivity contribution in [2.24, 2.45) is 0 Å². The van der Waals surface area contributed by atoms with Crippen molar-refractivity contribution in [1.82, 2.24) is 4.90 Å². The van der Waals surface area contributed by atoms with E-state index in [1.165, 1.54) is 0 Å². The molecule has 88 valence electrons. The van der Waals surface area contributed by atoms with Crippen LogP contribution in [0.15, 0.2) is 0 Å². The van der Waals surface area contributed by atoms with Crippen molar-refractivity contribution in [2.75, 3.05) is 32.8 Å². The van der Waals surface area contributed by atoms with Crippen LogP contribution in [0.1, 0.15) is 13.8 Å². The van der Waals surface area contributed by atoms with E-state index in [4.69, 9.17) is 14.6 Å². The second kappa shape index (κ2) is 6.05. The van der Waals surface area contributed by atoms with E-state index in [2.05, 4.69) is 0 Å². The molecule has 0 unspecified atom stereocenters. The van der Waals surface area contributed by atoms with Gasteiger partial charge in [0.15, 0.2) is 0 Å². The first-order chi connectivity index (χ1) is 7.17. The molecule has 0 saturated carbocycles. The number of aliphatic carboxylic acids is 1. The normalized spacial score (nSPS) is 27.1. The third-order valence-electron chi connectivity index (χ3n) is 2.41. The van der Waals surface area contributed by atoms with Gasteiger partial charge in [-0.2, -0.15) is 0 Å². The molecular formula is C10H19NO4. The Hall–Kier alpha value is -0.650. The fourth-order valence-corrected chi connectivity index (χ4v) is 1.89. The van der Waals surface area contributed by atoms with E-state index in [0.717, 1.165) is 0 Å². The number of ether oxygens (including phenoxy) is 2. The zero-order valence-corrected chi connectivity index (χ0v) is 9.31. The van der Waals surface area contributed by atoms with Crippen molar-refractivity contribution in [3.8, 4) is 0 Å². The van der Waals surface area contributed by atoms with Crippen molar-refractivity contribution in [3.05, 3.63) is 0 Å². The van der Waals surface area contributed by atoms with Crippen LogP contribution in [0.25, 0.3) is 0 Å². The van der Waals surface area contributed by atoms with Gasteiger partial charge in [-0.25, -0.2) is 0 Å². The quantitative estimate of drug-likeness (QED) is 0.688. The van der Waals surface area contributed by atoms with Crippen molar-refractivity contribution in [1.29, 1.82) is 0 Å². The predicted octanol–water partition coefficient (Wildman–Crippen LogP) is 0.197. The van der Waals surface area contributed by atoms with Gasteiger partial charge in [-0.3, -0.25) is 9.69 Å². The van der Waals surface area contributed by atoms with E-state index in [0.29, 0.717) is 26.3 Å². The van der Waals surface area contributed by atoms with Crippen molar-refractivity contribution in [2.45, 2.75) is 26.1 Å². The summed E-state index contributed by atoms with van der Waals surface area (Å²) >= 11 is 0. The highest BCUT2D eigenvalue weighted by Crippen LogP contribution is 2.16. The molecule has 0 radical (unpaired) electrons. The summed E-state index contributed by atoms with van der Waals surface area (Å²) in [6.07, 6.45) is 0.0172. The zero-order chi connectivity index (χ0) is 11.3. The Balaban J connectivity index is 2.44. The number of hydrogen-bond donors (Lipinski definition) is 1. The van der Waals surface area contributed by atoms with Crippen LogP contribution >= 0.6 is 0 Å². The third-order valence-corrected chi connectivity index (χ3v) is 2.41. The molecule has 0 amide bonds. The zero-order valence-electron chi connectivity index (χ0n) is 9.31. The lowest BCUT2D eigenvalue weighted by molar-refractivity contribution is -0.138. The minimum Gasteiger partial charge on any atom is -0.480 e. The lowest BCUT2D eigenvalue weighted by Gasteiger charge is -2.17. The van der Waals surface area contributed by atoms with Gasteiger partial charge in [0.2, 0.25) is 0 Å². The average molecular weight is 217 g/mol. The van der Waals surface area contributed by atoms with Crippen LogP contribution in [-0.4, -0.2) is 61.0 Å². The van der Waals surface area contributed by atoms with Crippen molar-refractivity contribution >= 4 is 5.97 Å². The Morgan fingerprint density at radius 1 is 1.27 bits per heavy atom. The fraction of sp³-hybridized carbons (Fsp3) is 0.900. The molecular weight excluding hydrogens is 198 g/mol. The second-order valence-electron chi connectivity index (χ2n) is 3.58. The monoisotopic (exact) mass is 217 g/mol. The smallest absolute Gasteiger partial charge is 0.317 e. The Morgan fingerprint density at radius 3 is 2.07 bits per heavy atom. The maximum atomic E-state index is 10.6. The molecule has 0 aromatic heterocycles. The van der Waals surface area contributed by atoms with Crippen LogP contribution in [0.5, 0.6) is 0 Å². The summed E-state index contributed by atoms with van der Waals surface area (Å²) < 4.78 is 11.0. The highest BCUT2D eigenvalue weighted by Gasteiger charge is 2.34. The van der Waals surface area contributed by atoms with Crippen LogP contribution in [0.4, 0.5) is 0 Å². The molecule has 1 heterocycles. The van der Waals surface area contributed by atoms with E-state index in [1.54, 1.807) is 0 Å². The SMILES string of the molecule is CCO[C@H]1CN(CC(=O)O)C[C@H]1OCC. The van der Waals surface area contributed by atoms with Crippen molar-refractivity contribution in [3.63, 3.8) is 0 Å². The Bertz CT molecular complexity index is 196. The minimum atomic E-state index is -0.803. The number of rotatable bonds is 6. The average Bonchev–Trinajstić information content (AvgIpc) is 2.48. The number of nitrogens with zero attached hydrogens (tertiary/aromatic N) is 1. The van der Waals surface area contributed by atoms with Gasteiger partial charge in [-0.15, -0.1) is 0 Å². The molecule has 5 nitrogen and oxygen atoms in total. The van der Waals surface area contributed by atoms with Gasteiger partial charge < -0.3 is 14.6 Å². The molecule has 1 aliphatic rings. The van der Waals surface area contributed by atoms with Gasteiger partial charge >= 0.3 is 5.97 Å². The lowest BCUT2D eigenvalue weighted by atomic mass is 10.2. The largest absolute Gasteiger partial charge is 0.480 e. The Kier molecular flexibility index (Phi) is 5.01. The molecule has 0 aromatic rings. The Labute approximate surface area is 90.0 Å². The summed E-state index contributed by atoms with van der Waals surface area (Å²) in [4.78, 5) is 12.4. The molecule has 1 aliphatic heterocycles. The summed E-state index contributed by atoms with van der Waals surface area (Å²) in [5.74, 6) is -0.803. The van der Waals surface area contributed by atoms with Gasteiger partial charge in [0.1, 0.15) is 0 Å². The van der Waals surface area contributed by atoms with E-state index >= 15 is 0 Å². The molecule has 15 heavy (non-hydrogen) atoms. The summed E-state index contributed by atoms with van der Waals surface area (Å²) in [6.45, 7) is 6.48. The molecule has 1 fully saturated rings. The maximum absolute atomic E-state index is 10.6. The fourth-order valence-electron chi connectivity index (χ4n) is 1.89. The van der Waals surface area contributed by atoms with Gasteiger partial charge in [-0.1, -0.05) is 0 Å². The van der Waals surface area contributed by atoms with Gasteiger partial charge in [0.25, 0.3) is 0 Å². The Morgan fingerprint density at radius 2 is 1.73 bits per heavy atom. The first-order valence-corrected chi connectivity index (χ1v) is 5.34. The van der Waals surface area contributed by atoms with Gasteiger partial charge in [0.05, 0.1) is 18.8 Å². The number of carbonyl (C=O) groups is 1. The van der Waals surface area contributed by atoms with Crippen LogP contribution in [-0.2, 0) is 14.3 Å². The number of carboxylic acid groups (broad SMARTS) is 1. The standard InChI is InChI=1S/C10H19NO4/c1-3-14-8-5-11(7-10(12)13)6-9(8)15-4-2/h8-9H,3-7H2,1-2H3,(H,12,13)/t8-,9+. The van der Waals surface area contributed by atoms with E-state index in [9.17, 15) is 4.79 Å². The van der Waals surface area contributed by atoms with E-state index < -0.39 is 5.97 Å². The molecule has 1 N–H and O–H groups in total. The predicted molar refractivity (Wildman–Crippen MR) is 54.9 cm³/mol. The van der Waals surface area contributed by atoms with Crippen LogP contribution in [0, 0.1) is 0 Å². The maximum Gasteiger partial charge on any atom is 0.317 e. The molecule has 0 bridgehead atoms. The molecule has 0 spiro atoms. The van der Waals surface area contributed by atoms with Gasteiger partial charge in [0, 0.05) is 26.3 Å². The summed E-state index contributed by atoms with van der Waals surface area (Å²) in [7, 11) is 0. The molecule has 0 aliphatic carbocycles. The first kappa shape index (κ1) is 12.4. The summed E-state index contributed by atoms with van der Waals surface area (Å²) in [6, 6.07) is 0. The van der Waals surface area contributed by atoms with E-state index in [1.807, 2.05) is 18.7 Å². The molecule has 0 aromatic carbocycles. The number of hydrogen-bond acceptors (Lipinski definition) is 4. The second-order valence-corrected chi connectivity index (χ2v) is 3.58. The third kappa shape index (κ3) is 3.77. The molecule has 2 atom stereocenters. The van der Waals surface area contributed by atoms with Crippen LogP contribution < -0.4 is 0 Å². The summed E-state index contributed by atoms with van der Waals surface area (Å²) in [5.41, 5.74) is 0. The van der Waals surface area contributed by atoms with Crippen LogP contribution in [0.2, 0.25) is 0 Å². The first-order valence-electron chi connectivity index (χ1n) is 5.34. The van der Waals surface area contributed by atoms with Crippen LogP contribution in [0.3, 0.4) is 0 Å². The topological polar surface area (TPSA) is 59.0 Å². The number of carboxylic acids is 1. The number of likely N-dealkylation sites (tertiary alicyclic amines) is 1. The minimum absolute atomic E-state index is 0.00861. The highest BCUT2D eigenvalue weighted by atomic mass is 16.5.